The Balaban J connectivity index is 2.42. The number of aromatic carboxylic acids is 1. The fourth-order valence-electron chi connectivity index (χ4n) is 2.10. The van der Waals surface area contributed by atoms with Crippen LogP contribution in [0.5, 0.6) is 0 Å². The summed E-state index contributed by atoms with van der Waals surface area (Å²) in [6.45, 7) is 5.33. The molecule has 0 amide bonds. The molecule has 0 bridgehead atoms. The summed E-state index contributed by atoms with van der Waals surface area (Å²) in [6.07, 6.45) is 2.62. The summed E-state index contributed by atoms with van der Waals surface area (Å²) in [4.78, 5) is 24.5. The third kappa shape index (κ3) is 2.41. The van der Waals surface area contributed by atoms with Crippen LogP contribution in [-0.2, 0) is 17.6 Å². The van der Waals surface area contributed by atoms with E-state index in [4.69, 9.17) is 4.74 Å². The standard InChI is InChI=1S/C13H16O4S/c1-13(2,3)17-12(16)9-7-5-4-6-8(7)18-10(9)11(14)15/h4-6H2,1-3H3,(H,14,15). The Morgan fingerprint density at radius 3 is 2.50 bits per heavy atom. The van der Waals surface area contributed by atoms with Crippen LogP contribution in [0.3, 0.4) is 0 Å². The van der Waals surface area contributed by atoms with Crippen molar-refractivity contribution in [2.75, 3.05) is 0 Å². The van der Waals surface area contributed by atoms with E-state index in [2.05, 4.69) is 0 Å². The molecule has 18 heavy (non-hydrogen) atoms. The molecule has 0 aliphatic heterocycles. The Hall–Kier alpha value is -1.36. The van der Waals surface area contributed by atoms with Crippen molar-refractivity contribution in [1.29, 1.82) is 0 Å². The number of carboxylic acids is 1. The Bertz CT molecular complexity index is 508. The lowest BCUT2D eigenvalue weighted by Gasteiger charge is -2.19. The molecule has 0 aromatic carbocycles. The number of thiophene rings is 1. The molecule has 1 aromatic rings. The van der Waals surface area contributed by atoms with E-state index in [9.17, 15) is 14.7 Å². The van der Waals surface area contributed by atoms with Crippen LogP contribution in [0.1, 0.15) is 57.7 Å². The second kappa shape index (κ2) is 4.39. The zero-order valence-electron chi connectivity index (χ0n) is 10.7. The zero-order valence-corrected chi connectivity index (χ0v) is 11.5. The molecule has 4 nitrogen and oxygen atoms in total. The van der Waals surface area contributed by atoms with E-state index in [0.29, 0.717) is 0 Å². The summed E-state index contributed by atoms with van der Waals surface area (Å²) < 4.78 is 5.30. The molecule has 0 atom stereocenters. The monoisotopic (exact) mass is 268 g/mol. The topological polar surface area (TPSA) is 63.6 Å². The second-order valence-electron chi connectivity index (χ2n) is 5.37. The lowest BCUT2D eigenvalue weighted by atomic mass is 10.1. The first-order valence-electron chi connectivity index (χ1n) is 5.91. The lowest BCUT2D eigenvalue weighted by Crippen LogP contribution is -2.25. The first kappa shape index (κ1) is 13.1. The molecular weight excluding hydrogens is 252 g/mol. The van der Waals surface area contributed by atoms with Gasteiger partial charge in [0.05, 0.1) is 5.56 Å². The van der Waals surface area contributed by atoms with Crippen molar-refractivity contribution < 1.29 is 19.4 Å². The number of carboxylic acid groups (broad SMARTS) is 1. The molecule has 1 aliphatic carbocycles. The molecule has 0 spiro atoms. The van der Waals surface area contributed by atoms with Gasteiger partial charge >= 0.3 is 11.9 Å². The van der Waals surface area contributed by atoms with E-state index >= 15 is 0 Å². The van der Waals surface area contributed by atoms with Crippen LogP contribution in [0, 0.1) is 0 Å². The fourth-order valence-corrected chi connectivity index (χ4v) is 3.32. The number of esters is 1. The van der Waals surface area contributed by atoms with Crippen molar-refractivity contribution in [2.45, 2.75) is 45.6 Å². The van der Waals surface area contributed by atoms with Gasteiger partial charge in [0.25, 0.3) is 0 Å². The quantitative estimate of drug-likeness (QED) is 0.838. The molecule has 0 saturated heterocycles. The molecule has 98 valence electrons. The highest BCUT2D eigenvalue weighted by Gasteiger charge is 2.32. The summed E-state index contributed by atoms with van der Waals surface area (Å²) >= 11 is 1.21. The van der Waals surface area contributed by atoms with E-state index in [1.54, 1.807) is 20.8 Å². The van der Waals surface area contributed by atoms with E-state index in [-0.39, 0.29) is 10.4 Å². The third-order valence-corrected chi connectivity index (χ3v) is 4.00. The summed E-state index contributed by atoms with van der Waals surface area (Å²) in [5, 5.41) is 9.17. The third-order valence-electron chi connectivity index (χ3n) is 2.72. The number of hydrogen-bond acceptors (Lipinski definition) is 4. The van der Waals surface area contributed by atoms with Gasteiger partial charge in [0, 0.05) is 4.88 Å². The van der Waals surface area contributed by atoms with Gasteiger partial charge in [0.2, 0.25) is 0 Å². The van der Waals surface area contributed by atoms with Crippen molar-refractivity contribution in [1.82, 2.24) is 0 Å². The highest BCUT2D eigenvalue weighted by molar-refractivity contribution is 7.14. The van der Waals surface area contributed by atoms with Gasteiger partial charge in [-0.25, -0.2) is 9.59 Å². The molecule has 5 heteroatoms. The minimum atomic E-state index is -1.05. The Kier molecular flexibility index (Phi) is 3.19. The lowest BCUT2D eigenvalue weighted by molar-refractivity contribution is 0.00657. The summed E-state index contributed by atoms with van der Waals surface area (Å²) in [5.74, 6) is -1.56. The van der Waals surface area contributed by atoms with E-state index in [1.165, 1.54) is 11.3 Å². The number of rotatable bonds is 2. The van der Waals surface area contributed by atoms with Gasteiger partial charge in [-0.3, -0.25) is 0 Å². The highest BCUT2D eigenvalue weighted by atomic mass is 32.1. The van der Waals surface area contributed by atoms with Gasteiger partial charge in [-0.1, -0.05) is 0 Å². The van der Waals surface area contributed by atoms with Crippen molar-refractivity contribution in [3.05, 3.63) is 20.9 Å². The first-order valence-corrected chi connectivity index (χ1v) is 6.72. The van der Waals surface area contributed by atoms with Gasteiger partial charge in [-0.15, -0.1) is 11.3 Å². The van der Waals surface area contributed by atoms with Gasteiger partial charge in [0.1, 0.15) is 10.5 Å². The molecule has 1 aliphatic rings. The predicted octanol–water partition coefficient (Wildman–Crippen LogP) is 2.89. The SMILES string of the molecule is CC(C)(C)OC(=O)c1c(C(=O)O)sc2c1CCC2. The minimum Gasteiger partial charge on any atom is -0.477 e. The van der Waals surface area contributed by atoms with E-state index in [0.717, 1.165) is 29.7 Å². The van der Waals surface area contributed by atoms with Crippen LogP contribution in [-0.4, -0.2) is 22.6 Å². The van der Waals surface area contributed by atoms with Crippen LogP contribution in [0.25, 0.3) is 0 Å². The molecule has 0 saturated carbocycles. The van der Waals surface area contributed by atoms with Crippen molar-refractivity contribution in [3.63, 3.8) is 0 Å². The van der Waals surface area contributed by atoms with Crippen LogP contribution in [0.2, 0.25) is 0 Å². The molecule has 2 rings (SSSR count). The van der Waals surface area contributed by atoms with Gasteiger partial charge in [-0.05, 0) is 45.6 Å². The van der Waals surface area contributed by atoms with E-state index < -0.39 is 17.5 Å². The Morgan fingerprint density at radius 1 is 1.28 bits per heavy atom. The Labute approximate surface area is 110 Å². The predicted molar refractivity (Wildman–Crippen MR) is 68.5 cm³/mol. The molecule has 0 unspecified atom stereocenters. The maximum atomic E-state index is 12.1. The van der Waals surface area contributed by atoms with E-state index in [1.807, 2.05) is 0 Å². The van der Waals surface area contributed by atoms with Crippen molar-refractivity contribution >= 4 is 23.3 Å². The summed E-state index contributed by atoms with van der Waals surface area (Å²) in [7, 11) is 0. The van der Waals surface area contributed by atoms with Crippen LogP contribution in [0.4, 0.5) is 0 Å². The van der Waals surface area contributed by atoms with Crippen molar-refractivity contribution in [2.24, 2.45) is 0 Å². The van der Waals surface area contributed by atoms with Crippen LogP contribution >= 0.6 is 11.3 Å². The largest absolute Gasteiger partial charge is 0.477 e. The molecule has 1 heterocycles. The second-order valence-corrected chi connectivity index (χ2v) is 6.47. The highest BCUT2D eigenvalue weighted by Crippen LogP contribution is 2.36. The Morgan fingerprint density at radius 2 is 1.94 bits per heavy atom. The normalized spacial score (nSPS) is 14.4. The number of carbonyl (C=O) groups excluding carboxylic acids is 1. The summed E-state index contributed by atoms with van der Waals surface area (Å²) in [6, 6.07) is 0. The number of fused-ring (bicyclic) bond motifs is 1. The number of carbonyl (C=O) groups is 2. The smallest absolute Gasteiger partial charge is 0.346 e. The molecule has 0 fully saturated rings. The molecule has 1 N–H and O–H groups in total. The minimum absolute atomic E-state index is 0.119. The molecular formula is C13H16O4S. The maximum Gasteiger partial charge on any atom is 0.346 e. The van der Waals surface area contributed by atoms with Crippen LogP contribution < -0.4 is 0 Å². The average Bonchev–Trinajstić information content (AvgIpc) is 2.70. The molecule has 1 aromatic heterocycles. The van der Waals surface area contributed by atoms with Gasteiger partial charge in [-0.2, -0.15) is 0 Å². The number of hydrogen-bond donors (Lipinski definition) is 1. The number of aryl methyl sites for hydroxylation is 1. The molecule has 0 radical (unpaired) electrons. The van der Waals surface area contributed by atoms with Crippen LogP contribution in [0.15, 0.2) is 0 Å². The fraction of sp³-hybridized carbons (Fsp3) is 0.538. The maximum absolute atomic E-state index is 12.1. The van der Waals surface area contributed by atoms with Gasteiger partial charge in [0.15, 0.2) is 0 Å². The number of ether oxygens (including phenoxy) is 1. The zero-order chi connectivity index (χ0) is 13.5. The van der Waals surface area contributed by atoms with Crippen molar-refractivity contribution in [3.8, 4) is 0 Å². The van der Waals surface area contributed by atoms with Gasteiger partial charge < -0.3 is 9.84 Å². The first-order chi connectivity index (χ1) is 8.29. The summed E-state index contributed by atoms with van der Waals surface area (Å²) in [5.41, 5.74) is 0.543. The average molecular weight is 268 g/mol.